The van der Waals surface area contributed by atoms with Gasteiger partial charge < -0.3 is 18.8 Å². The molecule has 2 heterocycles. The van der Waals surface area contributed by atoms with Crippen molar-refractivity contribution in [1.82, 2.24) is 4.57 Å². The molecule has 36 heavy (non-hydrogen) atoms. The van der Waals surface area contributed by atoms with E-state index in [1.54, 1.807) is 55.5 Å². The summed E-state index contributed by atoms with van der Waals surface area (Å²) in [6.07, 6.45) is 0.131. The highest BCUT2D eigenvalue weighted by Gasteiger charge is 2.19. The number of rotatable bonds is 7. The number of aryl methyl sites for hydroxylation is 1. The molecule has 182 valence electrons. The first-order valence-electron chi connectivity index (χ1n) is 11.4. The minimum absolute atomic E-state index is 0.120. The number of esters is 1. The fraction of sp³-hybridized carbons (Fsp3) is 0.185. The lowest BCUT2D eigenvalue weighted by atomic mass is 10.0. The molecule has 1 amide bonds. The molecule has 0 saturated heterocycles. The van der Waals surface area contributed by atoms with Crippen molar-refractivity contribution in [3.8, 4) is 11.5 Å². The number of ketones is 1. The minimum Gasteiger partial charge on any atom is -0.466 e. The fourth-order valence-corrected chi connectivity index (χ4v) is 4.93. The van der Waals surface area contributed by atoms with Gasteiger partial charge in [-0.3, -0.25) is 14.4 Å². The first-order chi connectivity index (χ1) is 17.5. The van der Waals surface area contributed by atoms with Crippen LogP contribution in [-0.2, 0) is 16.1 Å². The molecule has 0 saturated carbocycles. The predicted octanol–water partition coefficient (Wildman–Crippen LogP) is 4.36. The second kappa shape index (κ2) is 10.2. The Morgan fingerprint density at radius 1 is 0.944 bits per heavy atom. The maximum absolute atomic E-state index is 13.0. The molecule has 3 aromatic carbocycles. The number of fused-ring (bicyclic) bond motifs is 2. The number of carbonyl (C=O) groups is 3. The predicted molar refractivity (Wildman–Crippen MR) is 133 cm³/mol. The van der Waals surface area contributed by atoms with Gasteiger partial charge in [-0.2, -0.15) is 4.99 Å². The van der Waals surface area contributed by atoms with Crippen LogP contribution in [0.15, 0.2) is 71.7 Å². The maximum Gasteiger partial charge on any atom is 0.307 e. The van der Waals surface area contributed by atoms with E-state index in [9.17, 15) is 14.4 Å². The number of benzene rings is 3. The molecular weight excluding hydrogens is 480 g/mol. The van der Waals surface area contributed by atoms with E-state index in [0.717, 1.165) is 10.2 Å². The largest absolute Gasteiger partial charge is 0.466 e. The number of carbonyl (C=O) groups excluding carboxylic acids is 3. The van der Waals surface area contributed by atoms with Crippen LogP contribution in [0.1, 0.15) is 39.6 Å². The van der Waals surface area contributed by atoms with Crippen molar-refractivity contribution < 1.29 is 28.6 Å². The Labute approximate surface area is 210 Å². The lowest BCUT2D eigenvalue weighted by Gasteiger charge is -2.06. The Bertz CT molecular complexity index is 1520. The van der Waals surface area contributed by atoms with Crippen LogP contribution < -0.4 is 14.3 Å². The van der Waals surface area contributed by atoms with Gasteiger partial charge in [-0.05, 0) is 19.1 Å². The summed E-state index contributed by atoms with van der Waals surface area (Å²) in [6.45, 7) is 2.48. The number of nitrogens with zero attached hydrogens (tertiary/aromatic N) is 2. The van der Waals surface area contributed by atoms with E-state index in [2.05, 4.69) is 4.99 Å². The third-order valence-electron chi connectivity index (χ3n) is 5.65. The van der Waals surface area contributed by atoms with Crippen molar-refractivity contribution in [3.63, 3.8) is 0 Å². The Hall–Kier alpha value is -4.24. The van der Waals surface area contributed by atoms with Crippen LogP contribution in [0.4, 0.5) is 0 Å². The summed E-state index contributed by atoms with van der Waals surface area (Å²) < 4.78 is 18.7. The molecule has 0 radical (unpaired) electrons. The van der Waals surface area contributed by atoms with E-state index >= 15 is 0 Å². The van der Waals surface area contributed by atoms with Gasteiger partial charge in [0.05, 0.1) is 23.2 Å². The lowest BCUT2D eigenvalue weighted by molar-refractivity contribution is -0.143. The Balaban J connectivity index is 1.46. The highest BCUT2D eigenvalue weighted by molar-refractivity contribution is 7.16. The number of aromatic nitrogens is 1. The summed E-state index contributed by atoms with van der Waals surface area (Å²) in [5.74, 6) is 0.316. The van der Waals surface area contributed by atoms with E-state index in [0.29, 0.717) is 39.6 Å². The first kappa shape index (κ1) is 23.5. The van der Waals surface area contributed by atoms with Gasteiger partial charge in [0, 0.05) is 35.4 Å². The van der Waals surface area contributed by atoms with Crippen molar-refractivity contribution in [2.75, 3.05) is 13.4 Å². The van der Waals surface area contributed by atoms with Crippen LogP contribution in [-0.4, -0.2) is 35.6 Å². The topological polar surface area (TPSA) is 96.2 Å². The van der Waals surface area contributed by atoms with E-state index in [1.807, 2.05) is 22.8 Å². The van der Waals surface area contributed by atoms with Crippen LogP contribution in [0.3, 0.4) is 0 Å². The standard InChI is InChI=1S/C27H22N2O6S/c1-2-33-24(30)12-13-29-20-14-21-22(35-16-34-21)15-23(20)36-27(29)28-26(32)19-10-8-18(9-11-19)25(31)17-6-4-3-5-7-17/h3-11,14-15H,2,12-13,16H2,1H3. The molecule has 0 unspecified atom stereocenters. The second-order valence-corrected chi connectivity index (χ2v) is 8.96. The van der Waals surface area contributed by atoms with Gasteiger partial charge in [0.15, 0.2) is 22.1 Å². The molecule has 0 N–H and O–H groups in total. The zero-order valence-corrected chi connectivity index (χ0v) is 20.2. The molecule has 1 aliphatic rings. The molecule has 4 aromatic rings. The molecule has 0 atom stereocenters. The highest BCUT2D eigenvalue weighted by atomic mass is 32.1. The van der Waals surface area contributed by atoms with Crippen LogP contribution in [0.25, 0.3) is 10.2 Å². The van der Waals surface area contributed by atoms with Gasteiger partial charge in [-0.25, -0.2) is 0 Å². The van der Waals surface area contributed by atoms with E-state index in [-0.39, 0.29) is 31.5 Å². The molecule has 5 rings (SSSR count). The van der Waals surface area contributed by atoms with E-state index in [1.165, 1.54) is 11.3 Å². The van der Waals surface area contributed by atoms with Gasteiger partial charge in [0.2, 0.25) is 6.79 Å². The summed E-state index contributed by atoms with van der Waals surface area (Å²) in [4.78, 5) is 42.5. The van der Waals surface area contributed by atoms with Crippen LogP contribution in [0.5, 0.6) is 11.5 Å². The SMILES string of the molecule is CCOC(=O)CCn1c(=NC(=O)c2ccc(C(=O)c3ccccc3)cc2)sc2cc3c(cc21)OCO3. The zero-order valence-electron chi connectivity index (χ0n) is 19.4. The third kappa shape index (κ3) is 4.78. The van der Waals surface area contributed by atoms with Gasteiger partial charge in [0.25, 0.3) is 5.91 Å². The average Bonchev–Trinajstić information content (AvgIpc) is 3.49. The molecule has 0 spiro atoms. The Morgan fingerprint density at radius 3 is 2.33 bits per heavy atom. The van der Waals surface area contributed by atoms with E-state index in [4.69, 9.17) is 14.2 Å². The first-order valence-corrected chi connectivity index (χ1v) is 12.2. The molecule has 1 aromatic heterocycles. The smallest absolute Gasteiger partial charge is 0.307 e. The van der Waals surface area contributed by atoms with Crippen molar-refractivity contribution in [2.24, 2.45) is 4.99 Å². The molecular formula is C27H22N2O6S. The Kier molecular flexibility index (Phi) is 6.64. The highest BCUT2D eigenvalue weighted by Crippen LogP contribution is 2.37. The van der Waals surface area contributed by atoms with Gasteiger partial charge in [-0.1, -0.05) is 53.8 Å². The number of hydrogen-bond donors (Lipinski definition) is 0. The van der Waals surface area contributed by atoms with Crippen molar-refractivity contribution in [3.05, 3.63) is 88.2 Å². The summed E-state index contributed by atoms with van der Waals surface area (Å²) in [7, 11) is 0. The number of amides is 1. The van der Waals surface area contributed by atoms with Gasteiger partial charge in [0.1, 0.15) is 0 Å². The van der Waals surface area contributed by atoms with Gasteiger partial charge >= 0.3 is 5.97 Å². The van der Waals surface area contributed by atoms with Crippen LogP contribution >= 0.6 is 11.3 Å². The van der Waals surface area contributed by atoms with Crippen molar-refractivity contribution in [1.29, 1.82) is 0 Å². The molecule has 0 fully saturated rings. The molecule has 1 aliphatic heterocycles. The third-order valence-corrected chi connectivity index (χ3v) is 6.69. The summed E-state index contributed by atoms with van der Waals surface area (Å²) >= 11 is 1.32. The number of hydrogen-bond acceptors (Lipinski definition) is 7. The van der Waals surface area contributed by atoms with Crippen LogP contribution in [0, 0.1) is 0 Å². The lowest BCUT2D eigenvalue weighted by Crippen LogP contribution is -2.19. The quantitative estimate of drug-likeness (QED) is 0.275. The molecule has 0 bridgehead atoms. The number of ether oxygens (including phenoxy) is 3. The summed E-state index contributed by atoms with van der Waals surface area (Å²) in [6, 6.07) is 19.1. The van der Waals surface area contributed by atoms with Crippen molar-refractivity contribution >= 4 is 39.2 Å². The zero-order chi connectivity index (χ0) is 25.1. The monoisotopic (exact) mass is 502 g/mol. The molecule has 8 nitrogen and oxygen atoms in total. The normalized spacial score (nSPS) is 12.6. The van der Waals surface area contributed by atoms with Crippen molar-refractivity contribution in [2.45, 2.75) is 19.9 Å². The number of thiazole rings is 1. The summed E-state index contributed by atoms with van der Waals surface area (Å²) in [5, 5.41) is 0. The van der Waals surface area contributed by atoms with E-state index < -0.39 is 5.91 Å². The molecule has 0 aliphatic carbocycles. The average molecular weight is 503 g/mol. The van der Waals surface area contributed by atoms with Crippen LogP contribution in [0.2, 0.25) is 0 Å². The minimum atomic E-state index is -0.454. The maximum atomic E-state index is 13.0. The Morgan fingerprint density at radius 2 is 1.61 bits per heavy atom. The molecule has 9 heteroatoms. The second-order valence-electron chi connectivity index (χ2n) is 7.95. The summed E-state index contributed by atoms with van der Waals surface area (Å²) in [5.41, 5.74) is 2.19. The fourth-order valence-electron chi connectivity index (χ4n) is 3.87. The van der Waals surface area contributed by atoms with Gasteiger partial charge in [-0.15, -0.1) is 0 Å².